The zero-order chi connectivity index (χ0) is 13.1. The van der Waals surface area contributed by atoms with Crippen molar-refractivity contribution >= 4 is 17.6 Å². The highest BCUT2D eigenvalue weighted by atomic mass is 32.2. The van der Waals surface area contributed by atoms with E-state index in [-0.39, 0.29) is 0 Å². The molecule has 0 aliphatic heterocycles. The third kappa shape index (κ3) is 2.25. The molecule has 0 aliphatic rings. The average Bonchev–Trinajstić information content (AvgIpc) is 2.67. The van der Waals surface area contributed by atoms with Gasteiger partial charge in [0, 0.05) is 23.1 Å². The smallest absolute Gasteiger partial charge is 0.125 e. The van der Waals surface area contributed by atoms with E-state index in [1.165, 1.54) is 16.0 Å². The van der Waals surface area contributed by atoms with Crippen LogP contribution in [0, 0.1) is 0 Å². The molecule has 0 fully saturated rings. The van der Waals surface area contributed by atoms with E-state index in [4.69, 9.17) is 5.73 Å². The maximum absolute atomic E-state index is 6.11. The van der Waals surface area contributed by atoms with Crippen molar-refractivity contribution in [2.45, 2.75) is 24.7 Å². The van der Waals surface area contributed by atoms with Gasteiger partial charge in [-0.05, 0) is 18.7 Å². The van der Waals surface area contributed by atoms with Crippen LogP contribution in [0.2, 0.25) is 0 Å². The molecule has 96 valence electrons. The Labute approximate surface area is 112 Å². The van der Waals surface area contributed by atoms with Crippen molar-refractivity contribution < 1.29 is 0 Å². The highest BCUT2D eigenvalue weighted by Gasteiger charge is 2.16. The lowest BCUT2D eigenvalue weighted by Crippen LogP contribution is -1.99. The lowest BCUT2D eigenvalue weighted by atomic mass is 10.0. The Kier molecular flexibility index (Phi) is 3.97. The summed E-state index contributed by atoms with van der Waals surface area (Å²) in [5.41, 5.74) is 9.49. The Morgan fingerprint density at radius 1 is 1.33 bits per heavy atom. The van der Waals surface area contributed by atoms with E-state index in [9.17, 15) is 0 Å². The number of hydrogen-bond acceptors (Lipinski definition) is 3. The van der Waals surface area contributed by atoms with Gasteiger partial charge >= 0.3 is 0 Å². The van der Waals surface area contributed by atoms with Gasteiger partial charge in [-0.15, -0.1) is 11.8 Å². The molecule has 18 heavy (non-hydrogen) atoms. The van der Waals surface area contributed by atoms with E-state index in [0.29, 0.717) is 0 Å². The van der Waals surface area contributed by atoms with Gasteiger partial charge in [0.15, 0.2) is 0 Å². The Bertz CT molecular complexity index is 546. The number of nitrogen functional groups attached to an aromatic ring is 1. The second kappa shape index (κ2) is 5.48. The van der Waals surface area contributed by atoms with Gasteiger partial charge in [-0.2, -0.15) is 5.10 Å². The third-order valence-corrected chi connectivity index (χ3v) is 3.85. The Balaban J connectivity index is 2.59. The molecule has 0 aliphatic carbocycles. The van der Waals surface area contributed by atoms with Crippen LogP contribution in [0.4, 0.5) is 5.82 Å². The molecule has 0 saturated heterocycles. The molecular weight excluding hydrogens is 242 g/mol. The first-order valence-electron chi connectivity index (χ1n) is 6.13. The number of benzene rings is 1. The molecule has 0 spiro atoms. The average molecular weight is 261 g/mol. The predicted molar refractivity (Wildman–Crippen MR) is 78.8 cm³/mol. The highest BCUT2D eigenvalue weighted by molar-refractivity contribution is 7.98. The molecule has 1 heterocycles. The summed E-state index contributed by atoms with van der Waals surface area (Å²) in [6, 6.07) is 8.35. The SMILES string of the molecule is CCCc1c(-c2ccccc2SC)nn(C)c1N. The number of nitrogens with zero attached hydrogens (tertiary/aromatic N) is 2. The monoisotopic (exact) mass is 261 g/mol. The maximum Gasteiger partial charge on any atom is 0.125 e. The second-order valence-corrected chi connectivity index (χ2v) is 5.13. The largest absolute Gasteiger partial charge is 0.384 e. The van der Waals surface area contributed by atoms with E-state index in [0.717, 1.165) is 24.4 Å². The second-order valence-electron chi connectivity index (χ2n) is 4.29. The zero-order valence-electron chi connectivity index (χ0n) is 11.1. The molecule has 4 heteroatoms. The topological polar surface area (TPSA) is 43.8 Å². The summed E-state index contributed by atoms with van der Waals surface area (Å²) in [7, 11) is 1.90. The van der Waals surface area contributed by atoms with Gasteiger partial charge in [-0.1, -0.05) is 31.5 Å². The molecule has 1 aromatic carbocycles. The van der Waals surface area contributed by atoms with Crippen molar-refractivity contribution in [2.75, 3.05) is 12.0 Å². The molecular formula is C14H19N3S. The van der Waals surface area contributed by atoms with Crippen LogP contribution in [-0.4, -0.2) is 16.0 Å². The lowest BCUT2D eigenvalue weighted by Gasteiger charge is -2.06. The van der Waals surface area contributed by atoms with Crippen LogP contribution in [-0.2, 0) is 13.5 Å². The fourth-order valence-electron chi connectivity index (χ4n) is 2.13. The minimum Gasteiger partial charge on any atom is -0.384 e. The van der Waals surface area contributed by atoms with E-state index in [1.54, 1.807) is 16.4 Å². The number of aryl methyl sites for hydroxylation is 1. The quantitative estimate of drug-likeness (QED) is 0.858. The first kappa shape index (κ1) is 13.0. The number of thioether (sulfide) groups is 1. The van der Waals surface area contributed by atoms with E-state index in [2.05, 4.69) is 42.5 Å². The van der Waals surface area contributed by atoms with Crippen molar-refractivity contribution in [3.8, 4) is 11.3 Å². The standard InChI is InChI=1S/C14H19N3S/c1-4-7-11-13(16-17(2)14(11)15)10-8-5-6-9-12(10)18-3/h5-6,8-9H,4,7,15H2,1-3H3. The predicted octanol–water partition coefficient (Wildman–Crippen LogP) is 3.34. The van der Waals surface area contributed by atoms with Gasteiger partial charge in [0.1, 0.15) is 5.82 Å². The normalized spacial score (nSPS) is 10.8. The molecule has 0 radical (unpaired) electrons. The van der Waals surface area contributed by atoms with Gasteiger partial charge in [0.2, 0.25) is 0 Å². The summed E-state index contributed by atoms with van der Waals surface area (Å²) in [6.07, 6.45) is 4.13. The van der Waals surface area contributed by atoms with Crippen LogP contribution in [0.25, 0.3) is 11.3 Å². The van der Waals surface area contributed by atoms with Crippen molar-refractivity contribution in [2.24, 2.45) is 7.05 Å². The number of nitrogens with two attached hydrogens (primary N) is 1. The van der Waals surface area contributed by atoms with Gasteiger partial charge in [-0.3, -0.25) is 4.68 Å². The lowest BCUT2D eigenvalue weighted by molar-refractivity contribution is 0.780. The molecule has 2 aromatic rings. The van der Waals surface area contributed by atoms with Crippen LogP contribution < -0.4 is 5.73 Å². The van der Waals surface area contributed by atoms with Crippen molar-refractivity contribution in [1.82, 2.24) is 9.78 Å². The third-order valence-electron chi connectivity index (χ3n) is 3.06. The van der Waals surface area contributed by atoms with Crippen LogP contribution >= 0.6 is 11.8 Å². The molecule has 2 rings (SSSR count). The Morgan fingerprint density at radius 3 is 2.72 bits per heavy atom. The van der Waals surface area contributed by atoms with Gasteiger partial charge in [0.25, 0.3) is 0 Å². The fourth-order valence-corrected chi connectivity index (χ4v) is 2.73. The van der Waals surface area contributed by atoms with Crippen molar-refractivity contribution in [3.05, 3.63) is 29.8 Å². The Hall–Kier alpha value is -1.42. The summed E-state index contributed by atoms with van der Waals surface area (Å²) in [5, 5.41) is 4.59. The zero-order valence-corrected chi connectivity index (χ0v) is 11.9. The van der Waals surface area contributed by atoms with Crippen LogP contribution in [0.1, 0.15) is 18.9 Å². The number of anilines is 1. The molecule has 3 nitrogen and oxygen atoms in total. The van der Waals surface area contributed by atoms with E-state index < -0.39 is 0 Å². The van der Waals surface area contributed by atoms with Crippen LogP contribution in [0.15, 0.2) is 29.2 Å². The highest BCUT2D eigenvalue weighted by Crippen LogP contribution is 2.34. The van der Waals surface area contributed by atoms with Gasteiger partial charge in [-0.25, -0.2) is 0 Å². The van der Waals surface area contributed by atoms with Crippen molar-refractivity contribution in [1.29, 1.82) is 0 Å². The van der Waals surface area contributed by atoms with Crippen LogP contribution in [0.3, 0.4) is 0 Å². The minimum atomic E-state index is 0.780. The van der Waals surface area contributed by atoms with Gasteiger partial charge < -0.3 is 5.73 Å². The Morgan fingerprint density at radius 2 is 2.06 bits per heavy atom. The van der Waals surface area contributed by atoms with E-state index in [1.807, 2.05) is 7.05 Å². The van der Waals surface area contributed by atoms with E-state index >= 15 is 0 Å². The molecule has 0 saturated carbocycles. The number of hydrogen-bond donors (Lipinski definition) is 1. The minimum absolute atomic E-state index is 0.780. The summed E-state index contributed by atoms with van der Waals surface area (Å²) in [6.45, 7) is 2.16. The number of rotatable bonds is 4. The van der Waals surface area contributed by atoms with Crippen LogP contribution in [0.5, 0.6) is 0 Å². The summed E-state index contributed by atoms with van der Waals surface area (Å²) in [5.74, 6) is 0.780. The molecule has 0 atom stereocenters. The molecule has 0 amide bonds. The molecule has 2 N–H and O–H groups in total. The summed E-state index contributed by atoms with van der Waals surface area (Å²) < 4.78 is 1.78. The fraction of sp³-hybridized carbons (Fsp3) is 0.357. The first-order valence-corrected chi connectivity index (χ1v) is 7.36. The molecule has 0 bridgehead atoms. The summed E-state index contributed by atoms with van der Waals surface area (Å²) in [4.78, 5) is 1.24. The van der Waals surface area contributed by atoms with Gasteiger partial charge in [0.05, 0.1) is 5.69 Å². The first-order chi connectivity index (χ1) is 8.69. The molecule has 1 aromatic heterocycles. The molecule has 0 unspecified atom stereocenters. The number of aromatic nitrogens is 2. The maximum atomic E-state index is 6.11. The summed E-state index contributed by atoms with van der Waals surface area (Å²) >= 11 is 1.74. The van der Waals surface area contributed by atoms with Crippen molar-refractivity contribution in [3.63, 3.8) is 0 Å².